The van der Waals surface area contributed by atoms with Crippen LogP contribution >= 0.6 is 11.6 Å². The largest absolute Gasteiger partial charge is 0.478 e. The van der Waals surface area contributed by atoms with E-state index in [1.807, 2.05) is 0 Å². The molecule has 0 atom stereocenters. The number of non-ortho nitro benzene ring substituents is 1. The van der Waals surface area contributed by atoms with Crippen molar-refractivity contribution in [1.82, 2.24) is 4.98 Å². The zero-order valence-corrected chi connectivity index (χ0v) is 18.1. The first-order chi connectivity index (χ1) is 14.7. The minimum atomic E-state index is -1.28. The van der Waals surface area contributed by atoms with Crippen molar-refractivity contribution in [1.29, 1.82) is 0 Å². The monoisotopic (exact) mass is 446 g/mol. The van der Waals surface area contributed by atoms with Crippen LogP contribution in [0.15, 0.2) is 24.3 Å². The molecule has 2 aromatic rings. The van der Waals surface area contributed by atoms with E-state index < -0.39 is 22.5 Å². The number of carboxylic acid groups (broad SMARTS) is 1. The molecule has 1 aromatic heterocycles. The summed E-state index contributed by atoms with van der Waals surface area (Å²) in [5, 5.41) is 21.1. The van der Waals surface area contributed by atoms with Crippen molar-refractivity contribution >= 4 is 29.2 Å². The molecule has 8 nitrogen and oxygen atoms in total. The minimum absolute atomic E-state index is 0.00402. The summed E-state index contributed by atoms with van der Waals surface area (Å²) in [7, 11) is 0. The van der Waals surface area contributed by atoms with Gasteiger partial charge in [-0.25, -0.2) is 9.59 Å². The molecule has 0 bridgehead atoms. The molecule has 0 unspecified atom stereocenters. The van der Waals surface area contributed by atoms with Crippen LogP contribution < -0.4 is 0 Å². The number of ether oxygens (including phenoxy) is 1. The summed E-state index contributed by atoms with van der Waals surface area (Å²) in [4.78, 5) is 40.4. The molecule has 9 heteroatoms. The minimum Gasteiger partial charge on any atom is -0.478 e. The number of benzene rings is 1. The second kappa shape index (κ2) is 9.01. The van der Waals surface area contributed by atoms with Gasteiger partial charge in [-0.3, -0.25) is 15.1 Å². The quantitative estimate of drug-likeness (QED) is 0.273. The van der Waals surface area contributed by atoms with Crippen LogP contribution in [0.1, 0.15) is 64.2 Å². The van der Waals surface area contributed by atoms with Crippen LogP contribution in [0.5, 0.6) is 0 Å². The number of esters is 1. The lowest BCUT2D eigenvalue weighted by Crippen LogP contribution is -2.33. The fraction of sp³-hybridized carbons (Fsp3) is 0.409. The molecule has 1 heterocycles. The van der Waals surface area contributed by atoms with E-state index in [-0.39, 0.29) is 33.6 Å². The second-order valence-electron chi connectivity index (χ2n) is 7.74. The van der Waals surface area contributed by atoms with Crippen molar-refractivity contribution in [3.63, 3.8) is 0 Å². The number of hydrogen-bond donors (Lipinski definition) is 1. The SMILES string of the molecule is Cc1nc(C)c(C(=O)OC2(CCCl)CCCC2)c(-c2cccc([N+](=O)[O-])c2)c1C(=O)O. The number of aromatic nitrogens is 1. The fourth-order valence-corrected chi connectivity index (χ4v) is 4.61. The molecule has 0 aliphatic heterocycles. The molecular weight excluding hydrogens is 424 g/mol. The number of carbonyl (C=O) groups excluding carboxylic acids is 1. The zero-order valence-electron chi connectivity index (χ0n) is 17.3. The van der Waals surface area contributed by atoms with E-state index in [1.165, 1.54) is 31.2 Å². The van der Waals surface area contributed by atoms with Gasteiger partial charge in [0.25, 0.3) is 5.69 Å². The number of hydrogen-bond acceptors (Lipinski definition) is 6. The summed E-state index contributed by atoms with van der Waals surface area (Å²) in [6.45, 7) is 3.12. The van der Waals surface area contributed by atoms with Crippen LogP contribution in [-0.2, 0) is 4.74 Å². The number of alkyl halides is 1. The molecule has 1 aliphatic rings. The van der Waals surface area contributed by atoms with Gasteiger partial charge >= 0.3 is 11.9 Å². The van der Waals surface area contributed by atoms with Crippen LogP contribution in [0.4, 0.5) is 5.69 Å². The highest BCUT2D eigenvalue weighted by Crippen LogP contribution is 2.39. The van der Waals surface area contributed by atoms with E-state index in [0.29, 0.717) is 30.8 Å². The molecule has 0 spiro atoms. The Hall–Kier alpha value is -3.00. The van der Waals surface area contributed by atoms with Gasteiger partial charge in [0.15, 0.2) is 0 Å². The Balaban J connectivity index is 2.21. The van der Waals surface area contributed by atoms with Gasteiger partial charge in [0, 0.05) is 30.0 Å². The van der Waals surface area contributed by atoms with Gasteiger partial charge in [0.1, 0.15) is 5.60 Å². The summed E-state index contributed by atoms with van der Waals surface area (Å²) in [6, 6.07) is 5.54. The average Bonchev–Trinajstić information content (AvgIpc) is 3.15. The van der Waals surface area contributed by atoms with Crippen LogP contribution in [0, 0.1) is 24.0 Å². The van der Waals surface area contributed by atoms with Gasteiger partial charge in [-0.2, -0.15) is 0 Å². The van der Waals surface area contributed by atoms with E-state index in [4.69, 9.17) is 16.3 Å². The number of nitro groups is 1. The van der Waals surface area contributed by atoms with Crippen LogP contribution in [0.3, 0.4) is 0 Å². The molecule has 0 radical (unpaired) electrons. The molecule has 31 heavy (non-hydrogen) atoms. The Bertz CT molecular complexity index is 1050. The van der Waals surface area contributed by atoms with Crippen molar-refractivity contribution in [3.8, 4) is 11.1 Å². The first kappa shape index (κ1) is 22.7. The fourth-order valence-electron chi connectivity index (χ4n) is 4.27. The summed E-state index contributed by atoms with van der Waals surface area (Å²) >= 11 is 5.95. The molecular formula is C22H23ClN2O6. The highest BCUT2D eigenvalue weighted by molar-refractivity contribution is 6.17. The van der Waals surface area contributed by atoms with Crippen molar-refractivity contribution in [2.75, 3.05) is 5.88 Å². The molecule has 1 aliphatic carbocycles. The highest BCUT2D eigenvalue weighted by atomic mass is 35.5. The molecule has 0 saturated heterocycles. The standard InChI is InChI=1S/C22H23ClN2O6/c1-13-17(20(26)27)19(15-6-5-7-16(12-15)25(29)30)18(14(2)24-13)21(28)31-22(10-11-23)8-3-4-9-22/h5-7,12H,3-4,8-11H2,1-2H3,(H,26,27). The van der Waals surface area contributed by atoms with Crippen molar-refractivity contribution in [2.45, 2.75) is 51.6 Å². The van der Waals surface area contributed by atoms with Gasteiger partial charge in [0.2, 0.25) is 0 Å². The molecule has 1 aromatic carbocycles. The third-order valence-electron chi connectivity index (χ3n) is 5.70. The van der Waals surface area contributed by atoms with Gasteiger partial charge in [0.05, 0.1) is 27.4 Å². The van der Waals surface area contributed by atoms with E-state index >= 15 is 0 Å². The number of nitrogens with zero attached hydrogens (tertiary/aromatic N) is 2. The number of halogens is 1. The zero-order chi connectivity index (χ0) is 22.8. The first-order valence-corrected chi connectivity index (χ1v) is 10.5. The maximum Gasteiger partial charge on any atom is 0.341 e. The highest BCUT2D eigenvalue weighted by Gasteiger charge is 2.39. The van der Waals surface area contributed by atoms with Gasteiger partial charge in [-0.15, -0.1) is 11.6 Å². The van der Waals surface area contributed by atoms with Gasteiger partial charge in [-0.05, 0) is 45.1 Å². The Labute approximate surface area is 184 Å². The number of nitro benzene ring substituents is 1. The Morgan fingerprint density at radius 3 is 2.45 bits per heavy atom. The average molecular weight is 447 g/mol. The molecule has 0 amide bonds. The number of pyridine rings is 1. The van der Waals surface area contributed by atoms with Gasteiger partial charge in [-0.1, -0.05) is 12.1 Å². The van der Waals surface area contributed by atoms with Crippen LogP contribution in [0.25, 0.3) is 11.1 Å². The molecule has 1 N–H and O–H groups in total. The van der Waals surface area contributed by atoms with Gasteiger partial charge < -0.3 is 9.84 Å². The smallest absolute Gasteiger partial charge is 0.341 e. The second-order valence-corrected chi connectivity index (χ2v) is 8.12. The summed E-state index contributed by atoms with van der Waals surface area (Å²) in [5.74, 6) is -1.64. The predicted octanol–water partition coefficient (Wildman–Crippen LogP) is 5.07. The Morgan fingerprint density at radius 1 is 1.23 bits per heavy atom. The van der Waals surface area contributed by atoms with E-state index in [0.717, 1.165) is 12.8 Å². The third-order valence-corrected chi connectivity index (χ3v) is 5.89. The van der Waals surface area contributed by atoms with Crippen molar-refractivity contribution in [3.05, 3.63) is 56.9 Å². The lowest BCUT2D eigenvalue weighted by Gasteiger charge is -2.29. The number of aryl methyl sites for hydroxylation is 2. The maximum atomic E-state index is 13.4. The molecule has 164 valence electrons. The topological polar surface area (TPSA) is 120 Å². The summed E-state index contributed by atoms with van der Waals surface area (Å²) in [6.07, 6.45) is 3.68. The summed E-state index contributed by atoms with van der Waals surface area (Å²) < 4.78 is 5.93. The Kier molecular flexibility index (Phi) is 6.59. The van der Waals surface area contributed by atoms with Crippen LogP contribution in [-0.4, -0.2) is 38.4 Å². The van der Waals surface area contributed by atoms with Crippen molar-refractivity contribution < 1.29 is 24.4 Å². The lowest BCUT2D eigenvalue weighted by atomic mass is 9.91. The van der Waals surface area contributed by atoms with E-state index in [2.05, 4.69) is 4.98 Å². The summed E-state index contributed by atoms with van der Waals surface area (Å²) in [5.41, 5.74) is -0.267. The molecule has 1 fully saturated rings. The lowest BCUT2D eigenvalue weighted by molar-refractivity contribution is -0.384. The van der Waals surface area contributed by atoms with Crippen LogP contribution in [0.2, 0.25) is 0 Å². The first-order valence-electron chi connectivity index (χ1n) is 9.98. The Morgan fingerprint density at radius 2 is 1.87 bits per heavy atom. The van der Waals surface area contributed by atoms with E-state index in [9.17, 15) is 24.8 Å². The number of carboxylic acids is 1. The predicted molar refractivity (Wildman–Crippen MR) is 115 cm³/mol. The number of carbonyl (C=O) groups is 2. The number of aromatic carboxylic acids is 1. The number of rotatable bonds is 7. The normalized spacial score (nSPS) is 14.9. The maximum absolute atomic E-state index is 13.4. The molecule has 3 rings (SSSR count). The van der Waals surface area contributed by atoms with E-state index in [1.54, 1.807) is 6.92 Å². The van der Waals surface area contributed by atoms with Crippen molar-refractivity contribution in [2.24, 2.45) is 0 Å². The third kappa shape index (κ3) is 4.54. The molecule has 1 saturated carbocycles.